The van der Waals surface area contributed by atoms with Gasteiger partial charge in [-0.1, -0.05) is 61.3 Å². The molecule has 0 unspecified atom stereocenters. The molecule has 1 amide bonds. The number of carbonyl (C=O) groups is 1. The van der Waals surface area contributed by atoms with Crippen LogP contribution in [0.15, 0.2) is 60.8 Å². The van der Waals surface area contributed by atoms with E-state index in [2.05, 4.69) is 15.6 Å². The van der Waals surface area contributed by atoms with Crippen LogP contribution >= 0.6 is 23.2 Å². The van der Waals surface area contributed by atoms with E-state index in [9.17, 15) is 9.90 Å². The molecule has 3 aromatic rings. The van der Waals surface area contributed by atoms with Crippen LogP contribution in [0.2, 0.25) is 10.0 Å². The summed E-state index contributed by atoms with van der Waals surface area (Å²) >= 11 is 12.0. The molecule has 1 aromatic heterocycles. The molecular weight excluding hydrogens is 421 g/mol. The summed E-state index contributed by atoms with van der Waals surface area (Å²) in [4.78, 5) is 16.9. The number of aliphatic hydroxyl groups excluding tert-OH is 1. The summed E-state index contributed by atoms with van der Waals surface area (Å²) in [6.07, 6.45) is 1.47. The summed E-state index contributed by atoms with van der Waals surface area (Å²) in [6.45, 7) is 4.60. The third kappa shape index (κ3) is 5.51. The SMILES string of the molecule is CC(C)(CO)c1ccc(CNc2ccc(Cl)cc2C(=O)Nc2ccc(Cl)cn2)cc1. The van der Waals surface area contributed by atoms with Crippen molar-refractivity contribution in [2.75, 3.05) is 17.2 Å². The van der Waals surface area contributed by atoms with Crippen molar-refractivity contribution < 1.29 is 9.90 Å². The minimum Gasteiger partial charge on any atom is -0.395 e. The van der Waals surface area contributed by atoms with Crippen LogP contribution in [0.5, 0.6) is 0 Å². The van der Waals surface area contributed by atoms with E-state index >= 15 is 0 Å². The normalized spacial score (nSPS) is 11.2. The highest BCUT2D eigenvalue weighted by molar-refractivity contribution is 6.31. The maximum absolute atomic E-state index is 12.8. The molecule has 0 aliphatic heterocycles. The Balaban J connectivity index is 1.73. The van der Waals surface area contributed by atoms with Gasteiger partial charge in [0, 0.05) is 28.9 Å². The summed E-state index contributed by atoms with van der Waals surface area (Å²) in [5.41, 5.74) is 2.90. The number of benzene rings is 2. The molecule has 0 atom stereocenters. The predicted octanol–water partition coefficient (Wildman–Crippen LogP) is 5.52. The average Bonchev–Trinajstić information content (AvgIpc) is 2.74. The predicted molar refractivity (Wildman–Crippen MR) is 123 cm³/mol. The first-order valence-corrected chi connectivity index (χ1v) is 10.2. The zero-order chi connectivity index (χ0) is 21.7. The second-order valence-corrected chi connectivity index (χ2v) is 8.47. The van der Waals surface area contributed by atoms with Crippen molar-refractivity contribution in [3.05, 3.63) is 87.5 Å². The van der Waals surface area contributed by atoms with Gasteiger partial charge in [-0.25, -0.2) is 4.98 Å². The molecule has 1 heterocycles. The van der Waals surface area contributed by atoms with Gasteiger partial charge in [0.15, 0.2) is 0 Å². The molecule has 0 saturated carbocycles. The Morgan fingerprint density at radius 1 is 1.03 bits per heavy atom. The van der Waals surface area contributed by atoms with Crippen molar-refractivity contribution in [3.63, 3.8) is 0 Å². The summed E-state index contributed by atoms with van der Waals surface area (Å²) in [7, 11) is 0. The highest BCUT2D eigenvalue weighted by Gasteiger charge is 2.19. The standard InChI is InChI=1S/C23H23Cl2N3O2/c1-23(2,14-29)16-5-3-15(4-6-16)12-26-20-9-7-17(24)11-19(20)22(30)28-21-10-8-18(25)13-27-21/h3-11,13,26,29H,12,14H2,1-2H3,(H,27,28,30). The fourth-order valence-electron chi connectivity index (χ4n) is 2.85. The lowest BCUT2D eigenvalue weighted by Crippen LogP contribution is -2.21. The van der Waals surface area contributed by atoms with E-state index < -0.39 is 0 Å². The Labute approximate surface area is 186 Å². The van der Waals surface area contributed by atoms with E-state index in [0.29, 0.717) is 33.7 Å². The molecule has 30 heavy (non-hydrogen) atoms. The van der Waals surface area contributed by atoms with Crippen LogP contribution in [0.4, 0.5) is 11.5 Å². The number of hydrogen-bond donors (Lipinski definition) is 3. The lowest BCUT2D eigenvalue weighted by atomic mass is 9.85. The fourth-order valence-corrected chi connectivity index (χ4v) is 3.14. The van der Waals surface area contributed by atoms with Crippen molar-refractivity contribution in [2.24, 2.45) is 0 Å². The van der Waals surface area contributed by atoms with Gasteiger partial charge in [-0.3, -0.25) is 4.79 Å². The van der Waals surface area contributed by atoms with Gasteiger partial charge in [0.05, 0.1) is 17.2 Å². The zero-order valence-electron chi connectivity index (χ0n) is 16.7. The highest BCUT2D eigenvalue weighted by Crippen LogP contribution is 2.25. The number of rotatable bonds is 7. The molecule has 3 N–H and O–H groups in total. The summed E-state index contributed by atoms with van der Waals surface area (Å²) < 4.78 is 0. The van der Waals surface area contributed by atoms with Gasteiger partial charge in [-0.2, -0.15) is 0 Å². The molecule has 2 aromatic carbocycles. The summed E-state index contributed by atoms with van der Waals surface area (Å²) in [5, 5.41) is 16.5. The van der Waals surface area contributed by atoms with Gasteiger partial charge in [0.1, 0.15) is 5.82 Å². The van der Waals surface area contributed by atoms with Gasteiger partial charge in [0.2, 0.25) is 0 Å². The van der Waals surface area contributed by atoms with Gasteiger partial charge in [0.25, 0.3) is 5.91 Å². The Hall–Kier alpha value is -2.60. The van der Waals surface area contributed by atoms with Crippen molar-refractivity contribution in [1.29, 1.82) is 0 Å². The lowest BCUT2D eigenvalue weighted by molar-refractivity contribution is 0.102. The number of nitrogens with one attached hydrogen (secondary N) is 2. The molecule has 7 heteroatoms. The van der Waals surface area contributed by atoms with Crippen LogP contribution in [-0.2, 0) is 12.0 Å². The average molecular weight is 444 g/mol. The molecule has 0 aliphatic carbocycles. The number of aromatic nitrogens is 1. The van der Waals surface area contributed by atoms with E-state index in [4.69, 9.17) is 23.2 Å². The number of anilines is 2. The number of hydrogen-bond acceptors (Lipinski definition) is 4. The van der Waals surface area contributed by atoms with Gasteiger partial charge in [-0.15, -0.1) is 0 Å². The van der Waals surface area contributed by atoms with Crippen LogP contribution in [0, 0.1) is 0 Å². The number of amides is 1. The number of pyridine rings is 1. The van der Waals surface area contributed by atoms with Crippen molar-refractivity contribution in [1.82, 2.24) is 4.98 Å². The number of nitrogens with zero attached hydrogens (tertiary/aromatic N) is 1. The van der Waals surface area contributed by atoms with Crippen LogP contribution in [0.3, 0.4) is 0 Å². The second-order valence-electron chi connectivity index (χ2n) is 7.60. The topological polar surface area (TPSA) is 74.2 Å². The van der Waals surface area contributed by atoms with Crippen LogP contribution in [0.1, 0.15) is 35.3 Å². The summed E-state index contributed by atoms with van der Waals surface area (Å²) in [5.74, 6) is 0.0762. The molecule has 0 fully saturated rings. The van der Waals surface area contributed by atoms with Crippen LogP contribution in [0.25, 0.3) is 0 Å². The van der Waals surface area contributed by atoms with E-state index in [-0.39, 0.29) is 17.9 Å². The smallest absolute Gasteiger partial charge is 0.258 e. The minimum atomic E-state index is -0.324. The molecule has 0 spiro atoms. The molecule has 3 rings (SSSR count). The molecular formula is C23H23Cl2N3O2. The van der Waals surface area contributed by atoms with E-state index in [1.807, 2.05) is 38.1 Å². The number of aliphatic hydroxyl groups is 1. The maximum atomic E-state index is 12.8. The zero-order valence-corrected chi connectivity index (χ0v) is 18.3. The number of halogens is 2. The number of carbonyl (C=O) groups excluding carboxylic acids is 1. The third-order valence-electron chi connectivity index (χ3n) is 4.81. The molecule has 0 saturated heterocycles. The van der Waals surface area contributed by atoms with Crippen molar-refractivity contribution in [2.45, 2.75) is 25.8 Å². The Bertz CT molecular complexity index is 1020. The van der Waals surface area contributed by atoms with Crippen molar-refractivity contribution >= 4 is 40.6 Å². The largest absolute Gasteiger partial charge is 0.395 e. The van der Waals surface area contributed by atoms with Gasteiger partial charge in [-0.05, 0) is 41.5 Å². The maximum Gasteiger partial charge on any atom is 0.258 e. The third-order valence-corrected chi connectivity index (χ3v) is 5.27. The molecule has 5 nitrogen and oxygen atoms in total. The molecule has 156 valence electrons. The first-order valence-electron chi connectivity index (χ1n) is 9.45. The van der Waals surface area contributed by atoms with E-state index in [1.165, 1.54) is 6.20 Å². The van der Waals surface area contributed by atoms with E-state index in [1.54, 1.807) is 30.3 Å². The molecule has 0 aliphatic rings. The van der Waals surface area contributed by atoms with E-state index in [0.717, 1.165) is 11.1 Å². The Kier molecular flexibility index (Phi) is 6.98. The van der Waals surface area contributed by atoms with Crippen LogP contribution < -0.4 is 10.6 Å². The highest BCUT2D eigenvalue weighted by atomic mass is 35.5. The Morgan fingerprint density at radius 3 is 2.37 bits per heavy atom. The monoisotopic (exact) mass is 443 g/mol. The summed E-state index contributed by atoms with van der Waals surface area (Å²) in [6, 6.07) is 16.4. The molecule has 0 radical (unpaired) electrons. The lowest BCUT2D eigenvalue weighted by Gasteiger charge is -2.22. The first-order chi connectivity index (χ1) is 14.3. The van der Waals surface area contributed by atoms with Crippen LogP contribution in [-0.4, -0.2) is 22.6 Å². The fraction of sp³-hybridized carbons (Fsp3) is 0.217. The minimum absolute atomic E-state index is 0.0797. The van der Waals surface area contributed by atoms with Crippen molar-refractivity contribution in [3.8, 4) is 0 Å². The first kappa shape index (κ1) is 22.1. The quantitative estimate of drug-likeness (QED) is 0.449. The second kappa shape index (κ2) is 9.47. The molecule has 0 bridgehead atoms. The Morgan fingerprint density at radius 2 is 1.73 bits per heavy atom. The van der Waals surface area contributed by atoms with Gasteiger partial charge < -0.3 is 15.7 Å². The van der Waals surface area contributed by atoms with Gasteiger partial charge >= 0.3 is 0 Å².